The number of aromatic nitrogens is 6. The monoisotopic (exact) mass is 285 g/mol. The number of nitrogens with zero attached hydrogens (tertiary/aromatic N) is 6. The van der Waals surface area contributed by atoms with Crippen molar-refractivity contribution in [3.05, 3.63) is 42.5 Å². The fourth-order valence-electron chi connectivity index (χ4n) is 1.59. The molecule has 3 aromatic rings. The average molecular weight is 285 g/mol. The number of ether oxygens (including phenoxy) is 1. The maximum atomic E-state index is 8.99. The summed E-state index contributed by atoms with van der Waals surface area (Å²) in [6.07, 6.45) is 2.79. The van der Waals surface area contributed by atoms with Gasteiger partial charge >= 0.3 is 6.01 Å². The van der Waals surface area contributed by atoms with Gasteiger partial charge in [-0.2, -0.15) is 24.7 Å². The Kier molecular flexibility index (Phi) is 3.39. The Morgan fingerprint density at radius 2 is 1.95 bits per heavy atom. The number of hydrogen-bond acceptors (Lipinski definition) is 8. The van der Waals surface area contributed by atoms with E-state index < -0.39 is 0 Å². The molecule has 21 heavy (non-hydrogen) atoms. The topological polar surface area (TPSA) is 125 Å². The third-order valence-electron chi connectivity index (χ3n) is 2.56. The summed E-state index contributed by atoms with van der Waals surface area (Å²) in [5.41, 5.74) is 6.41. The summed E-state index contributed by atoms with van der Waals surface area (Å²) < 4.78 is 6.86. The fourth-order valence-corrected chi connectivity index (χ4v) is 1.59. The first-order chi connectivity index (χ1) is 10.2. The van der Waals surface area contributed by atoms with Crippen molar-refractivity contribution in [3.8, 4) is 17.7 Å². The summed E-state index contributed by atoms with van der Waals surface area (Å²) in [6, 6.07) is 6.90. The van der Waals surface area contributed by atoms with Crippen LogP contribution in [-0.4, -0.2) is 34.8 Å². The third-order valence-corrected chi connectivity index (χ3v) is 2.56. The molecule has 2 aromatic heterocycles. The van der Waals surface area contributed by atoms with Crippen LogP contribution in [0.4, 0.5) is 5.95 Å². The van der Waals surface area contributed by atoms with Gasteiger partial charge in [-0.3, -0.25) is 0 Å². The summed E-state index contributed by atoms with van der Waals surface area (Å²) in [4.78, 5) is 15.8. The normalized spacial score (nSPS) is 10.5. The van der Waals surface area contributed by atoms with Crippen LogP contribution in [0, 0.1) is 0 Å². The average Bonchev–Trinajstić information content (AvgIpc) is 3.02. The number of nitrogens with two attached hydrogens (primary N) is 1. The fraction of sp³-hybridized carbons (Fsp3) is 0.0833. The molecular weight excluding hydrogens is 274 g/mol. The zero-order valence-corrected chi connectivity index (χ0v) is 10.8. The molecule has 3 N–H and O–H groups in total. The molecule has 2 heterocycles. The molecule has 106 valence electrons. The van der Waals surface area contributed by atoms with Crippen LogP contribution in [0.5, 0.6) is 11.8 Å². The molecule has 0 bridgehead atoms. The molecule has 0 aliphatic heterocycles. The van der Waals surface area contributed by atoms with Crippen LogP contribution in [-0.2, 0) is 6.61 Å². The van der Waals surface area contributed by atoms with Gasteiger partial charge in [-0.15, -0.1) is 0 Å². The zero-order chi connectivity index (χ0) is 14.7. The predicted octanol–water partition coefficient (Wildman–Crippen LogP) is 0.319. The van der Waals surface area contributed by atoms with Gasteiger partial charge in [0.25, 0.3) is 5.95 Å². The lowest BCUT2D eigenvalue weighted by atomic mass is 10.2. The summed E-state index contributed by atoms with van der Waals surface area (Å²) in [5.74, 6) is 0.738. The third kappa shape index (κ3) is 2.92. The van der Waals surface area contributed by atoms with Crippen molar-refractivity contribution in [2.45, 2.75) is 6.61 Å². The van der Waals surface area contributed by atoms with E-state index in [9.17, 15) is 0 Å². The van der Waals surface area contributed by atoms with Gasteiger partial charge in [0, 0.05) is 0 Å². The van der Waals surface area contributed by atoms with E-state index in [2.05, 4.69) is 25.0 Å². The number of rotatable bonds is 4. The zero-order valence-electron chi connectivity index (χ0n) is 10.8. The van der Waals surface area contributed by atoms with E-state index in [1.54, 1.807) is 24.3 Å². The van der Waals surface area contributed by atoms with Gasteiger partial charge in [-0.1, -0.05) is 12.1 Å². The Morgan fingerprint density at radius 3 is 2.62 bits per heavy atom. The van der Waals surface area contributed by atoms with Crippen molar-refractivity contribution in [1.29, 1.82) is 0 Å². The molecule has 0 aliphatic carbocycles. The van der Waals surface area contributed by atoms with Crippen LogP contribution >= 0.6 is 0 Å². The van der Waals surface area contributed by atoms with Gasteiger partial charge in [0.05, 0.1) is 6.61 Å². The highest BCUT2D eigenvalue weighted by Crippen LogP contribution is 2.19. The molecule has 0 atom stereocenters. The molecule has 0 fully saturated rings. The van der Waals surface area contributed by atoms with Crippen molar-refractivity contribution < 1.29 is 9.84 Å². The number of benzene rings is 1. The van der Waals surface area contributed by atoms with E-state index in [-0.39, 0.29) is 24.5 Å². The van der Waals surface area contributed by atoms with Crippen molar-refractivity contribution in [3.63, 3.8) is 0 Å². The van der Waals surface area contributed by atoms with Gasteiger partial charge in [0.2, 0.25) is 5.95 Å². The summed E-state index contributed by atoms with van der Waals surface area (Å²) in [5, 5.41) is 12.9. The lowest BCUT2D eigenvalue weighted by Crippen LogP contribution is -2.07. The number of aliphatic hydroxyl groups is 1. The van der Waals surface area contributed by atoms with Crippen molar-refractivity contribution in [2.75, 3.05) is 5.73 Å². The highest BCUT2D eigenvalue weighted by Gasteiger charge is 2.09. The van der Waals surface area contributed by atoms with Crippen molar-refractivity contribution in [2.24, 2.45) is 0 Å². The maximum absolute atomic E-state index is 8.99. The van der Waals surface area contributed by atoms with Crippen molar-refractivity contribution >= 4 is 5.95 Å². The Labute approximate surface area is 119 Å². The van der Waals surface area contributed by atoms with E-state index in [0.717, 1.165) is 5.56 Å². The molecule has 0 aliphatic rings. The molecule has 1 aromatic carbocycles. The predicted molar refractivity (Wildman–Crippen MR) is 71.6 cm³/mol. The molecule has 0 saturated heterocycles. The van der Waals surface area contributed by atoms with E-state index in [1.165, 1.54) is 17.3 Å². The van der Waals surface area contributed by atoms with Gasteiger partial charge < -0.3 is 15.6 Å². The van der Waals surface area contributed by atoms with Crippen LogP contribution in [0.15, 0.2) is 36.9 Å². The van der Waals surface area contributed by atoms with Gasteiger partial charge in [-0.25, -0.2) is 4.98 Å². The molecule has 0 radical (unpaired) electrons. The Bertz CT molecular complexity index is 728. The highest BCUT2D eigenvalue weighted by atomic mass is 16.5. The van der Waals surface area contributed by atoms with Crippen LogP contribution in [0.25, 0.3) is 5.95 Å². The number of hydrogen-bond donors (Lipinski definition) is 2. The first-order valence-electron chi connectivity index (χ1n) is 5.99. The summed E-state index contributed by atoms with van der Waals surface area (Å²) in [6.45, 7) is -0.0323. The van der Waals surface area contributed by atoms with Crippen LogP contribution < -0.4 is 10.5 Å². The minimum atomic E-state index is -0.0323. The van der Waals surface area contributed by atoms with Crippen LogP contribution in [0.1, 0.15) is 5.56 Å². The van der Waals surface area contributed by atoms with E-state index in [0.29, 0.717) is 5.75 Å². The number of anilines is 1. The molecule has 9 heteroatoms. The van der Waals surface area contributed by atoms with E-state index in [1.807, 2.05) is 0 Å². The Balaban J connectivity index is 1.88. The minimum absolute atomic E-state index is 0.0116. The van der Waals surface area contributed by atoms with Gasteiger partial charge in [0.1, 0.15) is 18.4 Å². The second kappa shape index (κ2) is 5.51. The van der Waals surface area contributed by atoms with Crippen LogP contribution in [0.3, 0.4) is 0 Å². The second-order valence-corrected chi connectivity index (χ2v) is 4.02. The molecule has 0 saturated carbocycles. The quantitative estimate of drug-likeness (QED) is 0.702. The minimum Gasteiger partial charge on any atom is -0.424 e. The lowest BCUT2D eigenvalue weighted by Gasteiger charge is -2.06. The molecule has 0 spiro atoms. The largest absolute Gasteiger partial charge is 0.424 e. The van der Waals surface area contributed by atoms with E-state index >= 15 is 0 Å². The first kappa shape index (κ1) is 12.9. The lowest BCUT2D eigenvalue weighted by molar-refractivity contribution is 0.281. The summed E-state index contributed by atoms with van der Waals surface area (Å²) >= 11 is 0. The Morgan fingerprint density at radius 1 is 1.14 bits per heavy atom. The van der Waals surface area contributed by atoms with E-state index in [4.69, 9.17) is 15.6 Å². The number of aliphatic hydroxyl groups excluding tert-OH is 1. The SMILES string of the molecule is Nc1nc(Oc2ccc(CO)cc2)nc(-n2cncn2)n1. The standard InChI is InChI=1S/C12H11N7O2/c13-10-16-11(19-7-14-6-15-19)18-12(17-10)21-9-3-1-8(5-20)2-4-9/h1-4,6-7,20H,5H2,(H2,13,16,17,18). The Hall–Kier alpha value is -3.07. The van der Waals surface area contributed by atoms with Crippen LogP contribution in [0.2, 0.25) is 0 Å². The number of nitrogen functional groups attached to an aromatic ring is 1. The molecule has 0 amide bonds. The molecule has 3 rings (SSSR count). The van der Waals surface area contributed by atoms with Gasteiger partial charge in [0.15, 0.2) is 0 Å². The first-order valence-corrected chi connectivity index (χ1v) is 5.99. The smallest absolute Gasteiger partial charge is 0.328 e. The second-order valence-electron chi connectivity index (χ2n) is 4.02. The van der Waals surface area contributed by atoms with Gasteiger partial charge in [-0.05, 0) is 17.7 Å². The molecule has 9 nitrogen and oxygen atoms in total. The molecule has 0 unspecified atom stereocenters. The summed E-state index contributed by atoms with van der Waals surface area (Å²) in [7, 11) is 0. The highest BCUT2D eigenvalue weighted by molar-refractivity contribution is 5.31. The van der Waals surface area contributed by atoms with Crippen molar-refractivity contribution in [1.82, 2.24) is 29.7 Å². The maximum Gasteiger partial charge on any atom is 0.328 e. The molecular formula is C12H11N7O2.